The van der Waals surface area contributed by atoms with Crippen LogP contribution in [0.4, 0.5) is 0 Å². The van der Waals surface area contributed by atoms with E-state index in [4.69, 9.17) is 0 Å². The van der Waals surface area contributed by atoms with E-state index in [9.17, 15) is 9.59 Å². The minimum Gasteiger partial charge on any atom is -0.299 e. The molecule has 0 radical (unpaired) electrons. The van der Waals surface area contributed by atoms with Crippen molar-refractivity contribution < 1.29 is 9.59 Å². The van der Waals surface area contributed by atoms with Gasteiger partial charge in [-0.1, -0.05) is 0 Å². The molecular formula is C11H10O2. The van der Waals surface area contributed by atoms with Crippen LogP contribution < -0.4 is 0 Å². The van der Waals surface area contributed by atoms with Gasteiger partial charge in [0.25, 0.3) is 0 Å². The van der Waals surface area contributed by atoms with Crippen LogP contribution in [0.15, 0.2) is 0 Å². The molecule has 2 heteroatoms. The Hall–Kier alpha value is -0.660. The number of rotatable bonds is 0. The molecule has 0 amide bonds. The molecule has 0 aromatic rings. The summed E-state index contributed by atoms with van der Waals surface area (Å²) in [5.41, 5.74) is 0. The van der Waals surface area contributed by atoms with Crippen LogP contribution in [-0.4, -0.2) is 11.6 Å². The van der Waals surface area contributed by atoms with Crippen LogP contribution in [0.2, 0.25) is 0 Å². The second-order valence-corrected chi connectivity index (χ2v) is 5.63. The zero-order valence-corrected chi connectivity index (χ0v) is 7.14. The monoisotopic (exact) mass is 174 g/mol. The van der Waals surface area contributed by atoms with Gasteiger partial charge in [-0.3, -0.25) is 9.59 Å². The standard InChI is InChI=1S/C11H10O2/c12-10-6-2-1-3-5-4(2)8(10)9(5)11(13)7(3)6/h2-9H,1H2/t2-,3+,4-,5-,6+,7-,8-,9-/m0/s1. The fourth-order valence-corrected chi connectivity index (χ4v) is 5.80. The smallest absolute Gasteiger partial charge is 0.141 e. The maximum atomic E-state index is 11.9. The first-order chi connectivity index (χ1) is 6.30. The van der Waals surface area contributed by atoms with Gasteiger partial charge in [0.2, 0.25) is 0 Å². The predicted molar refractivity (Wildman–Crippen MR) is 42.6 cm³/mol. The highest BCUT2D eigenvalue weighted by molar-refractivity contribution is 6.06. The number of ketones is 2. The van der Waals surface area contributed by atoms with Gasteiger partial charge in [-0.05, 0) is 30.1 Å². The Labute approximate surface area is 75.7 Å². The highest BCUT2D eigenvalue weighted by atomic mass is 16.1. The largest absolute Gasteiger partial charge is 0.299 e. The van der Waals surface area contributed by atoms with Crippen molar-refractivity contribution in [2.75, 3.05) is 0 Å². The minimum atomic E-state index is 0.211. The Bertz CT molecular complexity index is 346. The van der Waals surface area contributed by atoms with E-state index in [1.807, 2.05) is 0 Å². The molecule has 0 N–H and O–H groups in total. The summed E-state index contributed by atoms with van der Waals surface area (Å²) in [4.78, 5) is 23.8. The highest BCUT2D eigenvalue weighted by Crippen LogP contribution is 2.80. The second kappa shape index (κ2) is 1.32. The van der Waals surface area contributed by atoms with Crippen LogP contribution in [-0.2, 0) is 9.59 Å². The van der Waals surface area contributed by atoms with Crippen molar-refractivity contribution in [3.05, 3.63) is 0 Å². The van der Waals surface area contributed by atoms with Crippen molar-refractivity contribution in [1.82, 2.24) is 0 Å². The molecule has 0 aliphatic heterocycles. The fraction of sp³-hybridized carbons (Fsp3) is 0.818. The molecule has 0 aromatic carbocycles. The first-order valence-corrected chi connectivity index (χ1v) is 5.38. The Morgan fingerprint density at radius 3 is 1.69 bits per heavy atom. The Kier molecular flexibility index (Phi) is 0.602. The van der Waals surface area contributed by atoms with Crippen molar-refractivity contribution >= 4 is 11.6 Å². The Morgan fingerprint density at radius 2 is 1.23 bits per heavy atom. The summed E-state index contributed by atoms with van der Waals surface area (Å²) < 4.78 is 0. The van der Waals surface area contributed by atoms with Crippen molar-refractivity contribution in [3.8, 4) is 0 Å². The molecule has 2 bridgehead atoms. The topological polar surface area (TPSA) is 34.1 Å². The van der Waals surface area contributed by atoms with Crippen LogP contribution in [0, 0.1) is 47.3 Å². The minimum absolute atomic E-state index is 0.211. The average molecular weight is 174 g/mol. The quantitative estimate of drug-likeness (QED) is 0.536. The summed E-state index contributed by atoms with van der Waals surface area (Å²) >= 11 is 0. The van der Waals surface area contributed by atoms with Gasteiger partial charge in [-0.2, -0.15) is 0 Å². The fourth-order valence-electron chi connectivity index (χ4n) is 5.80. The average Bonchev–Trinajstić information content (AvgIpc) is 2.52. The van der Waals surface area contributed by atoms with Crippen LogP contribution in [0.5, 0.6) is 0 Å². The van der Waals surface area contributed by atoms with Gasteiger partial charge < -0.3 is 0 Å². The van der Waals surface area contributed by atoms with Crippen LogP contribution in [0.25, 0.3) is 0 Å². The number of Topliss-reactive ketones (excluding diaryl/α,β-unsaturated/α-hetero) is 2. The molecule has 0 saturated heterocycles. The SMILES string of the molecule is O=C1[C@@H]2[C@H]3C[C@H]4[C@@H]2C(=O)[C@@H]2[C@@H]1[C@@H]3[C@H]42. The maximum absolute atomic E-state index is 11.9. The lowest BCUT2D eigenvalue weighted by Gasteiger charge is -2.42. The van der Waals surface area contributed by atoms with Gasteiger partial charge in [0.15, 0.2) is 0 Å². The van der Waals surface area contributed by atoms with Crippen LogP contribution in [0.1, 0.15) is 6.42 Å². The molecule has 13 heavy (non-hydrogen) atoms. The third-order valence-electron chi connectivity index (χ3n) is 5.82. The zero-order chi connectivity index (χ0) is 8.48. The van der Waals surface area contributed by atoms with E-state index in [0.29, 0.717) is 35.2 Å². The molecule has 0 heterocycles. The van der Waals surface area contributed by atoms with E-state index >= 15 is 0 Å². The zero-order valence-electron chi connectivity index (χ0n) is 7.14. The van der Waals surface area contributed by atoms with Crippen LogP contribution >= 0.6 is 0 Å². The summed E-state index contributed by atoms with van der Waals surface area (Å²) in [6.45, 7) is 0. The molecule has 5 fully saturated rings. The second-order valence-electron chi connectivity index (χ2n) is 5.63. The lowest BCUT2D eigenvalue weighted by molar-refractivity contribution is -0.145. The van der Waals surface area contributed by atoms with E-state index in [-0.39, 0.29) is 23.7 Å². The third-order valence-corrected chi connectivity index (χ3v) is 5.82. The summed E-state index contributed by atoms with van der Waals surface area (Å²) in [6.07, 6.45) is 1.22. The van der Waals surface area contributed by atoms with Gasteiger partial charge in [-0.15, -0.1) is 0 Å². The van der Waals surface area contributed by atoms with Crippen molar-refractivity contribution in [2.24, 2.45) is 47.3 Å². The normalized spacial score (nSPS) is 74.2. The first-order valence-electron chi connectivity index (χ1n) is 5.38. The van der Waals surface area contributed by atoms with Gasteiger partial charge in [0.1, 0.15) is 11.6 Å². The molecular weight excluding hydrogens is 164 g/mol. The lowest BCUT2D eigenvalue weighted by atomic mass is 9.59. The molecule has 5 rings (SSSR count). The summed E-state index contributed by atoms with van der Waals surface area (Å²) in [6, 6.07) is 0. The van der Waals surface area contributed by atoms with Crippen molar-refractivity contribution in [2.45, 2.75) is 6.42 Å². The number of hydrogen-bond acceptors (Lipinski definition) is 2. The lowest BCUT2D eigenvalue weighted by Crippen LogP contribution is -2.47. The molecule has 5 aliphatic carbocycles. The first kappa shape index (κ1) is 5.94. The Morgan fingerprint density at radius 1 is 0.769 bits per heavy atom. The van der Waals surface area contributed by atoms with Crippen LogP contribution in [0.3, 0.4) is 0 Å². The third kappa shape index (κ3) is 0.323. The Balaban J connectivity index is 1.92. The van der Waals surface area contributed by atoms with Gasteiger partial charge in [0.05, 0.1) is 0 Å². The number of fused-ring (bicyclic) bond motifs is 2. The van der Waals surface area contributed by atoms with E-state index in [0.717, 1.165) is 0 Å². The van der Waals surface area contributed by atoms with E-state index in [1.54, 1.807) is 0 Å². The van der Waals surface area contributed by atoms with Gasteiger partial charge in [0, 0.05) is 23.7 Å². The van der Waals surface area contributed by atoms with Gasteiger partial charge >= 0.3 is 0 Å². The molecule has 5 aliphatic rings. The molecule has 0 spiro atoms. The maximum Gasteiger partial charge on any atom is 0.141 e. The van der Waals surface area contributed by atoms with Gasteiger partial charge in [-0.25, -0.2) is 0 Å². The summed E-state index contributed by atoms with van der Waals surface area (Å²) in [7, 11) is 0. The predicted octanol–water partition coefficient (Wildman–Crippen LogP) is 0.512. The van der Waals surface area contributed by atoms with Crippen molar-refractivity contribution in [1.29, 1.82) is 0 Å². The molecule has 5 saturated carbocycles. The molecule has 66 valence electrons. The van der Waals surface area contributed by atoms with E-state index in [2.05, 4.69) is 0 Å². The summed E-state index contributed by atoms with van der Waals surface area (Å²) in [5.74, 6) is 4.49. The number of carbonyl (C=O) groups excluding carboxylic acids is 2. The van der Waals surface area contributed by atoms with Crippen molar-refractivity contribution in [3.63, 3.8) is 0 Å². The van der Waals surface area contributed by atoms with E-state index in [1.165, 1.54) is 6.42 Å². The molecule has 8 atom stereocenters. The highest BCUT2D eigenvalue weighted by Gasteiger charge is 2.84. The van der Waals surface area contributed by atoms with E-state index < -0.39 is 0 Å². The summed E-state index contributed by atoms with van der Waals surface area (Å²) in [5, 5.41) is 0. The molecule has 0 aromatic heterocycles. The molecule has 0 unspecified atom stereocenters. The number of hydrogen-bond donors (Lipinski definition) is 0. The molecule has 2 nitrogen and oxygen atoms in total. The number of carbonyl (C=O) groups is 2.